The third-order valence-electron chi connectivity index (χ3n) is 3.83. The second-order valence-electron chi connectivity index (χ2n) is 5.40. The van der Waals surface area contributed by atoms with Gasteiger partial charge in [-0.05, 0) is 40.3 Å². The van der Waals surface area contributed by atoms with Gasteiger partial charge in [0.25, 0.3) is 0 Å². The van der Waals surface area contributed by atoms with Gasteiger partial charge in [0.2, 0.25) is 0 Å². The molecule has 1 aromatic rings. The predicted molar refractivity (Wildman–Crippen MR) is 74.9 cm³/mol. The Kier molecular flexibility index (Phi) is 5.35. The Morgan fingerprint density at radius 3 is 2.67 bits per heavy atom. The average molecular weight is 253 g/mol. The summed E-state index contributed by atoms with van der Waals surface area (Å²) >= 11 is 0. The fraction of sp³-hybridized carbons (Fsp3) is 0.786. The van der Waals surface area contributed by atoms with Crippen LogP contribution in [0.2, 0.25) is 0 Å². The van der Waals surface area contributed by atoms with Crippen LogP contribution in [0.1, 0.15) is 45.9 Å². The van der Waals surface area contributed by atoms with Crippen molar-refractivity contribution in [2.75, 3.05) is 14.2 Å². The maximum Gasteiger partial charge on any atom is 0.0778 e. The molecule has 4 heteroatoms. The van der Waals surface area contributed by atoms with E-state index in [0.29, 0.717) is 6.04 Å². The van der Waals surface area contributed by atoms with E-state index < -0.39 is 0 Å². The molecule has 0 amide bonds. The van der Waals surface area contributed by atoms with E-state index >= 15 is 0 Å². The number of nitrogens with one attached hydrogen (secondary N) is 1. The summed E-state index contributed by atoms with van der Waals surface area (Å²) in [5.41, 5.74) is 0.911. The molecule has 0 aliphatic carbocycles. The molecule has 1 heterocycles. The quantitative estimate of drug-likeness (QED) is 0.811. The van der Waals surface area contributed by atoms with Gasteiger partial charge in [0.05, 0.1) is 11.3 Å². The van der Waals surface area contributed by atoms with Gasteiger partial charge in [-0.15, -0.1) is 0 Å². The molecule has 1 N–H and O–H groups in total. The highest BCUT2D eigenvalue weighted by atomic mass is 16.5. The van der Waals surface area contributed by atoms with Crippen LogP contribution in [0.3, 0.4) is 0 Å². The fourth-order valence-corrected chi connectivity index (χ4v) is 1.97. The number of rotatable bonds is 7. The molecule has 0 saturated carbocycles. The first-order valence-electron chi connectivity index (χ1n) is 6.71. The van der Waals surface area contributed by atoms with Crippen LogP contribution in [-0.4, -0.2) is 35.6 Å². The summed E-state index contributed by atoms with van der Waals surface area (Å²) in [4.78, 5) is 0. The van der Waals surface area contributed by atoms with Crippen LogP contribution in [0, 0.1) is 0 Å². The molecule has 104 valence electrons. The number of hydrogen-bond acceptors (Lipinski definition) is 3. The van der Waals surface area contributed by atoms with Crippen LogP contribution >= 0.6 is 0 Å². The lowest BCUT2D eigenvalue weighted by Gasteiger charge is -2.32. The molecule has 0 radical (unpaired) electrons. The highest BCUT2D eigenvalue weighted by Gasteiger charge is 2.28. The Morgan fingerprint density at radius 1 is 1.50 bits per heavy atom. The van der Waals surface area contributed by atoms with Crippen LogP contribution < -0.4 is 5.32 Å². The molecule has 1 rings (SSSR count). The van der Waals surface area contributed by atoms with Gasteiger partial charge in [-0.3, -0.25) is 4.68 Å². The van der Waals surface area contributed by atoms with E-state index in [1.807, 2.05) is 11.7 Å². The summed E-state index contributed by atoms with van der Waals surface area (Å²) in [6.45, 7) is 8.56. The van der Waals surface area contributed by atoms with Crippen molar-refractivity contribution in [1.29, 1.82) is 0 Å². The molecule has 1 aromatic heterocycles. The summed E-state index contributed by atoms with van der Waals surface area (Å²) in [5.74, 6) is 0. The molecule has 0 saturated heterocycles. The van der Waals surface area contributed by atoms with Crippen LogP contribution in [-0.2, 0) is 11.2 Å². The van der Waals surface area contributed by atoms with Crippen molar-refractivity contribution in [3.8, 4) is 0 Å². The molecule has 4 nitrogen and oxygen atoms in total. The maximum absolute atomic E-state index is 5.54. The number of ether oxygens (including phenoxy) is 1. The Balaban J connectivity index is 2.74. The lowest BCUT2D eigenvalue weighted by Crippen LogP contribution is -2.48. The summed E-state index contributed by atoms with van der Waals surface area (Å²) in [6, 6.07) is 2.81. The smallest absolute Gasteiger partial charge is 0.0778 e. The van der Waals surface area contributed by atoms with Gasteiger partial charge in [-0.1, -0.05) is 6.92 Å². The first kappa shape index (κ1) is 15.2. The number of methoxy groups -OCH3 is 1. The van der Waals surface area contributed by atoms with E-state index in [0.717, 1.165) is 18.5 Å². The number of likely N-dealkylation sites (N-methyl/N-ethyl adjacent to an activating group) is 1. The molecule has 2 atom stereocenters. The van der Waals surface area contributed by atoms with Gasteiger partial charge in [0.15, 0.2) is 0 Å². The minimum absolute atomic E-state index is 0.200. The second-order valence-corrected chi connectivity index (χ2v) is 5.40. The topological polar surface area (TPSA) is 39.1 Å². The SMILES string of the molecule is CCC(C)n1ccc(CC(NC)C(C)(C)OC)n1. The van der Waals surface area contributed by atoms with Crippen molar-refractivity contribution in [3.05, 3.63) is 18.0 Å². The van der Waals surface area contributed by atoms with E-state index in [1.165, 1.54) is 0 Å². The summed E-state index contributed by atoms with van der Waals surface area (Å²) < 4.78 is 7.58. The zero-order valence-corrected chi connectivity index (χ0v) is 12.5. The van der Waals surface area contributed by atoms with Gasteiger partial charge >= 0.3 is 0 Å². The average Bonchev–Trinajstić information content (AvgIpc) is 2.83. The first-order valence-corrected chi connectivity index (χ1v) is 6.71. The van der Waals surface area contributed by atoms with Gasteiger partial charge in [-0.2, -0.15) is 5.10 Å². The number of hydrogen-bond donors (Lipinski definition) is 1. The van der Waals surface area contributed by atoms with Crippen molar-refractivity contribution in [1.82, 2.24) is 15.1 Å². The Hall–Kier alpha value is -0.870. The largest absolute Gasteiger partial charge is 0.377 e. The summed E-state index contributed by atoms with van der Waals surface area (Å²) in [5, 5.41) is 7.96. The lowest BCUT2D eigenvalue weighted by atomic mass is 9.94. The molecule has 2 unspecified atom stereocenters. The van der Waals surface area contributed by atoms with E-state index in [9.17, 15) is 0 Å². The number of aromatic nitrogens is 2. The fourth-order valence-electron chi connectivity index (χ4n) is 1.97. The van der Waals surface area contributed by atoms with Crippen LogP contribution in [0.5, 0.6) is 0 Å². The molecule has 0 aromatic carbocycles. The monoisotopic (exact) mass is 253 g/mol. The second kappa shape index (κ2) is 6.34. The van der Waals surface area contributed by atoms with Gasteiger partial charge in [0, 0.05) is 31.8 Å². The predicted octanol–water partition coefficient (Wildman–Crippen LogP) is 2.41. The van der Waals surface area contributed by atoms with E-state index in [2.05, 4.69) is 50.4 Å². The molecular weight excluding hydrogens is 226 g/mol. The molecular formula is C14H27N3O. The third kappa shape index (κ3) is 3.56. The molecule has 0 fully saturated rings. The van der Waals surface area contributed by atoms with Gasteiger partial charge < -0.3 is 10.1 Å². The van der Waals surface area contributed by atoms with Crippen LogP contribution in [0.15, 0.2) is 12.3 Å². The highest BCUT2D eigenvalue weighted by Crippen LogP contribution is 2.18. The molecule has 18 heavy (non-hydrogen) atoms. The minimum atomic E-state index is -0.200. The van der Waals surface area contributed by atoms with Crippen molar-refractivity contribution >= 4 is 0 Å². The van der Waals surface area contributed by atoms with E-state index in [-0.39, 0.29) is 11.6 Å². The van der Waals surface area contributed by atoms with Crippen molar-refractivity contribution in [3.63, 3.8) is 0 Å². The lowest BCUT2D eigenvalue weighted by molar-refractivity contribution is -0.00825. The molecule has 0 spiro atoms. The Labute approximate surface area is 111 Å². The van der Waals surface area contributed by atoms with Gasteiger partial charge in [0.1, 0.15) is 0 Å². The molecule has 0 aliphatic rings. The van der Waals surface area contributed by atoms with E-state index in [4.69, 9.17) is 4.74 Å². The zero-order valence-electron chi connectivity index (χ0n) is 12.5. The Bertz CT molecular complexity index is 360. The minimum Gasteiger partial charge on any atom is -0.377 e. The van der Waals surface area contributed by atoms with E-state index in [1.54, 1.807) is 7.11 Å². The highest BCUT2D eigenvalue weighted by molar-refractivity contribution is 5.04. The van der Waals surface area contributed by atoms with Crippen molar-refractivity contribution in [2.24, 2.45) is 0 Å². The third-order valence-corrected chi connectivity index (χ3v) is 3.83. The zero-order chi connectivity index (χ0) is 13.8. The van der Waals surface area contributed by atoms with Crippen LogP contribution in [0.4, 0.5) is 0 Å². The maximum atomic E-state index is 5.54. The van der Waals surface area contributed by atoms with Crippen molar-refractivity contribution < 1.29 is 4.74 Å². The summed E-state index contributed by atoms with van der Waals surface area (Å²) in [6.07, 6.45) is 4.04. The van der Waals surface area contributed by atoms with Crippen LogP contribution in [0.25, 0.3) is 0 Å². The van der Waals surface area contributed by atoms with Crippen molar-refractivity contribution in [2.45, 2.75) is 58.2 Å². The molecule has 0 bridgehead atoms. The normalized spacial score (nSPS) is 15.7. The standard InChI is InChI=1S/C14H27N3O/c1-7-11(2)17-9-8-12(16-17)10-13(15-5)14(3,4)18-6/h8-9,11,13,15H,7,10H2,1-6H3. The van der Waals surface area contributed by atoms with Gasteiger partial charge in [-0.25, -0.2) is 0 Å². The summed E-state index contributed by atoms with van der Waals surface area (Å²) in [7, 11) is 3.72. The number of nitrogens with zero attached hydrogens (tertiary/aromatic N) is 2. The first-order chi connectivity index (χ1) is 8.44. The molecule has 0 aliphatic heterocycles. The Morgan fingerprint density at radius 2 is 2.17 bits per heavy atom.